The van der Waals surface area contributed by atoms with Crippen molar-refractivity contribution < 1.29 is 9.53 Å². The van der Waals surface area contributed by atoms with Gasteiger partial charge in [-0.05, 0) is 32.6 Å². The Kier molecular flexibility index (Phi) is 3.13. The van der Waals surface area contributed by atoms with Gasteiger partial charge in [0.25, 0.3) is 0 Å². The SMILES string of the molecule is C=C1CN=C2CCCCC2(C(=O)OCC)C1. The lowest BCUT2D eigenvalue weighted by atomic mass is 9.67. The maximum absolute atomic E-state index is 12.2. The molecule has 1 aliphatic heterocycles. The molecule has 1 fully saturated rings. The number of hydrogen-bond donors (Lipinski definition) is 0. The molecule has 0 radical (unpaired) electrons. The van der Waals surface area contributed by atoms with Crippen molar-refractivity contribution in [3.63, 3.8) is 0 Å². The zero-order valence-corrected chi connectivity index (χ0v) is 9.92. The second-order valence-electron chi connectivity index (χ2n) is 4.70. The van der Waals surface area contributed by atoms with E-state index in [1.54, 1.807) is 0 Å². The number of hydrogen-bond acceptors (Lipinski definition) is 3. The summed E-state index contributed by atoms with van der Waals surface area (Å²) in [7, 11) is 0. The quantitative estimate of drug-likeness (QED) is 0.531. The lowest BCUT2D eigenvalue weighted by molar-refractivity contribution is -0.152. The summed E-state index contributed by atoms with van der Waals surface area (Å²) >= 11 is 0. The standard InChI is InChI=1S/C13H19NO2/c1-3-16-12(15)13-7-5-4-6-11(13)14-9-10(2)8-13/h2-9H2,1H3. The van der Waals surface area contributed by atoms with Gasteiger partial charge in [0.05, 0.1) is 13.2 Å². The summed E-state index contributed by atoms with van der Waals surface area (Å²) in [6, 6.07) is 0. The highest BCUT2D eigenvalue weighted by Crippen LogP contribution is 2.42. The first kappa shape index (κ1) is 11.4. The molecule has 1 atom stereocenters. The number of fused-ring (bicyclic) bond motifs is 1. The molecule has 0 N–H and O–H groups in total. The zero-order chi connectivity index (χ0) is 11.6. The minimum atomic E-state index is -0.455. The molecule has 0 spiro atoms. The maximum atomic E-state index is 12.2. The van der Waals surface area contributed by atoms with Crippen molar-refractivity contribution in [2.75, 3.05) is 13.2 Å². The van der Waals surface area contributed by atoms with Crippen LogP contribution < -0.4 is 0 Å². The molecule has 0 bridgehead atoms. The molecule has 1 saturated carbocycles. The number of carbonyl (C=O) groups excluding carboxylic acids is 1. The van der Waals surface area contributed by atoms with Crippen LogP contribution in [-0.2, 0) is 9.53 Å². The van der Waals surface area contributed by atoms with Gasteiger partial charge < -0.3 is 4.74 Å². The van der Waals surface area contributed by atoms with Gasteiger partial charge in [0, 0.05) is 5.71 Å². The zero-order valence-electron chi connectivity index (χ0n) is 9.92. The van der Waals surface area contributed by atoms with Gasteiger partial charge in [0.2, 0.25) is 0 Å². The number of esters is 1. The van der Waals surface area contributed by atoms with E-state index in [-0.39, 0.29) is 5.97 Å². The minimum Gasteiger partial charge on any atom is -0.465 e. The largest absolute Gasteiger partial charge is 0.465 e. The first-order chi connectivity index (χ1) is 7.69. The predicted octanol–water partition coefficient (Wildman–Crippen LogP) is 2.51. The van der Waals surface area contributed by atoms with Gasteiger partial charge in [0.1, 0.15) is 5.41 Å². The molecule has 1 aliphatic carbocycles. The van der Waals surface area contributed by atoms with Gasteiger partial charge in [-0.3, -0.25) is 9.79 Å². The van der Waals surface area contributed by atoms with Crippen LogP contribution in [0.25, 0.3) is 0 Å². The number of ether oxygens (including phenoxy) is 1. The average Bonchev–Trinajstić information content (AvgIpc) is 2.29. The van der Waals surface area contributed by atoms with Crippen LogP contribution in [0.4, 0.5) is 0 Å². The highest BCUT2D eigenvalue weighted by Gasteiger charge is 2.47. The summed E-state index contributed by atoms with van der Waals surface area (Å²) in [5, 5.41) is 0. The van der Waals surface area contributed by atoms with Gasteiger partial charge in [-0.25, -0.2) is 0 Å². The van der Waals surface area contributed by atoms with Crippen molar-refractivity contribution in [2.45, 2.75) is 39.0 Å². The monoisotopic (exact) mass is 221 g/mol. The Labute approximate surface area is 96.6 Å². The minimum absolute atomic E-state index is 0.0886. The number of aliphatic imine (C=N–C) groups is 1. The van der Waals surface area contributed by atoms with Crippen molar-refractivity contribution in [2.24, 2.45) is 10.4 Å². The van der Waals surface area contributed by atoms with Gasteiger partial charge in [-0.1, -0.05) is 18.6 Å². The molecule has 1 heterocycles. The van der Waals surface area contributed by atoms with E-state index in [0.717, 1.165) is 43.4 Å². The van der Waals surface area contributed by atoms with Crippen molar-refractivity contribution in [3.05, 3.63) is 12.2 Å². The second-order valence-corrected chi connectivity index (χ2v) is 4.70. The number of carbonyl (C=O) groups is 1. The molecule has 2 aliphatic rings. The summed E-state index contributed by atoms with van der Waals surface area (Å²) in [6.07, 6.45) is 4.80. The lowest BCUT2D eigenvalue weighted by Crippen LogP contribution is -2.45. The van der Waals surface area contributed by atoms with Crippen molar-refractivity contribution in [1.82, 2.24) is 0 Å². The molecule has 3 heteroatoms. The summed E-state index contributed by atoms with van der Waals surface area (Å²) in [6.45, 7) is 6.97. The molecule has 2 rings (SSSR count). The fraction of sp³-hybridized carbons (Fsp3) is 0.692. The maximum Gasteiger partial charge on any atom is 0.318 e. The summed E-state index contributed by atoms with van der Waals surface area (Å²) in [5.74, 6) is -0.0886. The fourth-order valence-electron chi connectivity index (χ4n) is 2.77. The summed E-state index contributed by atoms with van der Waals surface area (Å²) in [4.78, 5) is 16.7. The van der Waals surface area contributed by atoms with E-state index in [0.29, 0.717) is 13.2 Å². The smallest absolute Gasteiger partial charge is 0.318 e. The molecule has 1 unspecified atom stereocenters. The molecule has 3 nitrogen and oxygen atoms in total. The van der Waals surface area contributed by atoms with E-state index in [1.165, 1.54) is 0 Å². The number of rotatable bonds is 2. The Hall–Kier alpha value is -1.12. The molecule has 0 amide bonds. The third kappa shape index (κ3) is 1.79. The van der Waals surface area contributed by atoms with Crippen LogP contribution in [0.5, 0.6) is 0 Å². The van der Waals surface area contributed by atoms with Crippen molar-refractivity contribution in [1.29, 1.82) is 0 Å². The fourth-order valence-corrected chi connectivity index (χ4v) is 2.77. The Balaban J connectivity index is 2.31. The molecule has 0 aromatic heterocycles. The van der Waals surface area contributed by atoms with Crippen LogP contribution in [-0.4, -0.2) is 24.8 Å². The van der Waals surface area contributed by atoms with Crippen LogP contribution in [0.15, 0.2) is 17.1 Å². The van der Waals surface area contributed by atoms with E-state index in [1.807, 2.05) is 6.92 Å². The Morgan fingerprint density at radius 1 is 1.56 bits per heavy atom. The Morgan fingerprint density at radius 3 is 3.12 bits per heavy atom. The van der Waals surface area contributed by atoms with Gasteiger partial charge in [-0.2, -0.15) is 0 Å². The van der Waals surface area contributed by atoms with Crippen molar-refractivity contribution >= 4 is 11.7 Å². The van der Waals surface area contributed by atoms with Crippen LogP contribution in [0.2, 0.25) is 0 Å². The first-order valence-corrected chi connectivity index (χ1v) is 6.07. The highest BCUT2D eigenvalue weighted by atomic mass is 16.5. The van der Waals surface area contributed by atoms with E-state index in [9.17, 15) is 4.79 Å². The first-order valence-electron chi connectivity index (χ1n) is 6.07. The molecule has 88 valence electrons. The molecule has 16 heavy (non-hydrogen) atoms. The normalized spacial score (nSPS) is 29.3. The van der Waals surface area contributed by atoms with E-state index in [2.05, 4.69) is 11.6 Å². The van der Waals surface area contributed by atoms with Crippen LogP contribution in [0.3, 0.4) is 0 Å². The molecular weight excluding hydrogens is 202 g/mol. The number of nitrogens with zero attached hydrogens (tertiary/aromatic N) is 1. The lowest BCUT2D eigenvalue weighted by Gasteiger charge is -2.39. The van der Waals surface area contributed by atoms with E-state index in [4.69, 9.17) is 4.74 Å². The third-order valence-corrected chi connectivity index (χ3v) is 3.53. The topological polar surface area (TPSA) is 38.7 Å². The average molecular weight is 221 g/mol. The van der Waals surface area contributed by atoms with Gasteiger partial charge >= 0.3 is 5.97 Å². The summed E-state index contributed by atoms with van der Waals surface area (Å²) < 4.78 is 5.23. The van der Waals surface area contributed by atoms with Crippen LogP contribution in [0.1, 0.15) is 39.0 Å². The molecule has 0 aromatic rings. The van der Waals surface area contributed by atoms with Crippen LogP contribution in [0, 0.1) is 5.41 Å². The van der Waals surface area contributed by atoms with Gasteiger partial charge in [0.15, 0.2) is 0 Å². The third-order valence-electron chi connectivity index (χ3n) is 3.53. The molecular formula is C13H19NO2. The second kappa shape index (κ2) is 4.40. The molecule has 0 aromatic carbocycles. The van der Waals surface area contributed by atoms with Crippen molar-refractivity contribution in [3.8, 4) is 0 Å². The van der Waals surface area contributed by atoms with E-state index < -0.39 is 5.41 Å². The Morgan fingerprint density at radius 2 is 2.38 bits per heavy atom. The summed E-state index contributed by atoms with van der Waals surface area (Å²) in [5.41, 5.74) is 1.66. The van der Waals surface area contributed by atoms with Crippen LogP contribution >= 0.6 is 0 Å². The predicted molar refractivity (Wildman–Crippen MR) is 63.6 cm³/mol. The highest BCUT2D eigenvalue weighted by molar-refractivity contribution is 6.08. The van der Waals surface area contributed by atoms with E-state index >= 15 is 0 Å². The Bertz CT molecular complexity index is 346. The molecule has 0 saturated heterocycles. The van der Waals surface area contributed by atoms with Gasteiger partial charge in [-0.15, -0.1) is 0 Å².